The van der Waals surface area contributed by atoms with Crippen LogP contribution in [0.1, 0.15) is 25.0 Å². The van der Waals surface area contributed by atoms with Crippen molar-refractivity contribution in [2.75, 3.05) is 31.1 Å². The Morgan fingerprint density at radius 2 is 2.00 bits per heavy atom. The van der Waals surface area contributed by atoms with Crippen molar-refractivity contribution in [1.82, 2.24) is 5.32 Å². The summed E-state index contributed by atoms with van der Waals surface area (Å²) in [6.07, 6.45) is 0.425. The Morgan fingerprint density at radius 3 is 2.69 bits per heavy atom. The van der Waals surface area contributed by atoms with Crippen molar-refractivity contribution in [1.29, 1.82) is 0 Å². The van der Waals surface area contributed by atoms with Gasteiger partial charge in [0.2, 0.25) is 0 Å². The molecule has 16 heavy (non-hydrogen) atoms. The fourth-order valence-electron chi connectivity index (χ4n) is 2.18. The third-order valence-corrected chi connectivity index (χ3v) is 3.14. The van der Waals surface area contributed by atoms with Gasteiger partial charge >= 0.3 is 0 Å². The second-order valence-corrected chi connectivity index (χ2v) is 4.22. The minimum atomic E-state index is -0.342. The summed E-state index contributed by atoms with van der Waals surface area (Å²) >= 11 is 0. The Bertz CT molecular complexity index is 334. The van der Waals surface area contributed by atoms with Gasteiger partial charge in [-0.15, -0.1) is 0 Å². The number of para-hydroxylation sites is 1. The molecular weight excluding hydrogens is 200 g/mol. The molecular formula is C13H20N2O. The molecule has 2 rings (SSSR count). The largest absolute Gasteiger partial charge is 0.388 e. The van der Waals surface area contributed by atoms with Gasteiger partial charge in [0.05, 0.1) is 6.10 Å². The normalized spacial score (nSPS) is 18.5. The third kappa shape index (κ3) is 2.36. The van der Waals surface area contributed by atoms with Crippen LogP contribution >= 0.6 is 0 Å². The first-order valence-corrected chi connectivity index (χ1v) is 6.05. The average Bonchev–Trinajstić information content (AvgIpc) is 2.39. The molecule has 1 fully saturated rings. The standard InChI is InChI=1S/C13H20N2O/c1-2-13(16)11-5-3-4-6-12(11)15-9-7-14-8-10-15/h3-6,13-14,16H,2,7-10H2,1H3/t13-/m0/s1. The molecule has 0 unspecified atom stereocenters. The molecule has 0 aliphatic carbocycles. The number of hydrogen-bond donors (Lipinski definition) is 2. The summed E-state index contributed by atoms with van der Waals surface area (Å²) in [4.78, 5) is 2.35. The molecule has 0 bridgehead atoms. The first kappa shape index (κ1) is 11.4. The summed E-state index contributed by atoms with van der Waals surface area (Å²) < 4.78 is 0. The van der Waals surface area contributed by atoms with E-state index < -0.39 is 0 Å². The topological polar surface area (TPSA) is 35.5 Å². The molecule has 1 aliphatic heterocycles. The van der Waals surface area contributed by atoms with Crippen molar-refractivity contribution < 1.29 is 5.11 Å². The van der Waals surface area contributed by atoms with Crippen molar-refractivity contribution in [3.05, 3.63) is 29.8 Å². The zero-order valence-electron chi connectivity index (χ0n) is 9.82. The predicted octanol–water partition coefficient (Wildman–Crippen LogP) is 1.54. The third-order valence-electron chi connectivity index (χ3n) is 3.14. The molecule has 0 radical (unpaired) electrons. The van der Waals surface area contributed by atoms with Crippen LogP contribution in [-0.2, 0) is 0 Å². The number of hydrogen-bond acceptors (Lipinski definition) is 3. The lowest BCUT2D eigenvalue weighted by Gasteiger charge is -2.32. The maximum atomic E-state index is 10.00. The van der Waals surface area contributed by atoms with Gasteiger partial charge in [0.25, 0.3) is 0 Å². The number of rotatable bonds is 3. The molecule has 1 aliphatic rings. The highest BCUT2D eigenvalue weighted by molar-refractivity contribution is 5.55. The van der Waals surface area contributed by atoms with E-state index in [1.807, 2.05) is 25.1 Å². The van der Waals surface area contributed by atoms with E-state index in [0.717, 1.165) is 38.2 Å². The number of benzene rings is 1. The number of piperazine rings is 1. The summed E-state index contributed by atoms with van der Waals surface area (Å²) in [5.74, 6) is 0. The fourth-order valence-corrected chi connectivity index (χ4v) is 2.18. The second-order valence-electron chi connectivity index (χ2n) is 4.22. The van der Waals surface area contributed by atoms with Crippen LogP contribution < -0.4 is 10.2 Å². The number of aliphatic hydroxyl groups excluding tert-OH is 1. The number of anilines is 1. The van der Waals surface area contributed by atoms with E-state index in [1.165, 1.54) is 5.69 Å². The summed E-state index contributed by atoms with van der Waals surface area (Å²) in [5, 5.41) is 13.3. The SMILES string of the molecule is CC[C@H](O)c1ccccc1N1CCNCC1. The molecule has 1 atom stereocenters. The van der Waals surface area contributed by atoms with E-state index in [1.54, 1.807) is 0 Å². The average molecular weight is 220 g/mol. The van der Waals surface area contributed by atoms with Gasteiger partial charge in [-0.2, -0.15) is 0 Å². The summed E-state index contributed by atoms with van der Waals surface area (Å²) in [7, 11) is 0. The number of aliphatic hydroxyl groups is 1. The minimum absolute atomic E-state index is 0.342. The van der Waals surface area contributed by atoms with Crippen molar-refractivity contribution in [2.45, 2.75) is 19.4 Å². The van der Waals surface area contributed by atoms with Crippen molar-refractivity contribution in [2.24, 2.45) is 0 Å². The maximum absolute atomic E-state index is 10.00. The highest BCUT2D eigenvalue weighted by Gasteiger charge is 2.16. The number of nitrogens with zero attached hydrogens (tertiary/aromatic N) is 1. The quantitative estimate of drug-likeness (QED) is 0.811. The van der Waals surface area contributed by atoms with Crippen LogP contribution in [0.3, 0.4) is 0 Å². The molecule has 3 heteroatoms. The molecule has 2 N–H and O–H groups in total. The van der Waals surface area contributed by atoms with Gasteiger partial charge in [-0.05, 0) is 12.5 Å². The van der Waals surface area contributed by atoms with Gasteiger partial charge in [-0.1, -0.05) is 25.1 Å². The highest BCUT2D eigenvalue weighted by atomic mass is 16.3. The molecule has 0 aromatic heterocycles. The predicted molar refractivity (Wildman–Crippen MR) is 66.8 cm³/mol. The van der Waals surface area contributed by atoms with Crippen LogP contribution in [0.5, 0.6) is 0 Å². The number of nitrogens with one attached hydrogen (secondary N) is 1. The lowest BCUT2D eigenvalue weighted by molar-refractivity contribution is 0.174. The molecule has 1 saturated heterocycles. The molecule has 88 valence electrons. The van der Waals surface area contributed by atoms with Crippen molar-refractivity contribution in [3.8, 4) is 0 Å². The van der Waals surface area contributed by atoms with E-state index in [9.17, 15) is 5.11 Å². The first-order chi connectivity index (χ1) is 7.83. The van der Waals surface area contributed by atoms with Gasteiger partial charge < -0.3 is 15.3 Å². The highest BCUT2D eigenvalue weighted by Crippen LogP contribution is 2.28. The maximum Gasteiger partial charge on any atom is 0.0807 e. The lowest BCUT2D eigenvalue weighted by Crippen LogP contribution is -2.44. The first-order valence-electron chi connectivity index (χ1n) is 6.05. The smallest absolute Gasteiger partial charge is 0.0807 e. The van der Waals surface area contributed by atoms with E-state index >= 15 is 0 Å². The Balaban J connectivity index is 2.24. The monoisotopic (exact) mass is 220 g/mol. The van der Waals surface area contributed by atoms with E-state index in [0.29, 0.717) is 0 Å². The van der Waals surface area contributed by atoms with Gasteiger partial charge in [-0.25, -0.2) is 0 Å². The second kappa shape index (κ2) is 5.32. The molecule has 0 saturated carbocycles. The van der Waals surface area contributed by atoms with Crippen molar-refractivity contribution in [3.63, 3.8) is 0 Å². The van der Waals surface area contributed by atoms with Crippen LogP contribution in [0, 0.1) is 0 Å². The van der Waals surface area contributed by atoms with Crippen LogP contribution in [0.2, 0.25) is 0 Å². The van der Waals surface area contributed by atoms with E-state index in [-0.39, 0.29) is 6.10 Å². The Hall–Kier alpha value is -1.06. The molecule has 0 spiro atoms. The van der Waals surface area contributed by atoms with E-state index in [2.05, 4.69) is 16.3 Å². The van der Waals surface area contributed by atoms with Gasteiger partial charge in [0.1, 0.15) is 0 Å². The molecule has 3 nitrogen and oxygen atoms in total. The zero-order valence-corrected chi connectivity index (χ0v) is 9.82. The zero-order chi connectivity index (χ0) is 11.4. The molecule has 0 amide bonds. The summed E-state index contributed by atoms with van der Waals surface area (Å²) in [6.45, 7) is 6.10. The van der Waals surface area contributed by atoms with Crippen molar-refractivity contribution >= 4 is 5.69 Å². The molecule has 1 aromatic carbocycles. The van der Waals surface area contributed by atoms with Gasteiger partial charge in [-0.3, -0.25) is 0 Å². The molecule has 1 aromatic rings. The van der Waals surface area contributed by atoms with Crippen LogP contribution in [0.15, 0.2) is 24.3 Å². The van der Waals surface area contributed by atoms with Crippen LogP contribution in [0.4, 0.5) is 5.69 Å². The summed E-state index contributed by atoms with van der Waals surface area (Å²) in [5.41, 5.74) is 2.25. The molecule has 1 heterocycles. The summed E-state index contributed by atoms with van der Waals surface area (Å²) in [6, 6.07) is 8.19. The minimum Gasteiger partial charge on any atom is -0.388 e. The van der Waals surface area contributed by atoms with E-state index in [4.69, 9.17) is 0 Å². The Labute approximate surface area is 97.1 Å². The van der Waals surface area contributed by atoms with Crippen LogP contribution in [0.25, 0.3) is 0 Å². The lowest BCUT2D eigenvalue weighted by atomic mass is 10.0. The fraction of sp³-hybridized carbons (Fsp3) is 0.538. The van der Waals surface area contributed by atoms with Gasteiger partial charge in [0.15, 0.2) is 0 Å². The van der Waals surface area contributed by atoms with Gasteiger partial charge in [0, 0.05) is 37.4 Å². The Kier molecular flexibility index (Phi) is 3.80. The Morgan fingerprint density at radius 1 is 1.31 bits per heavy atom. The van der Waals surface area contributed by atoms with Crippen LogP contribution in [-0.4, -0.2) is 31.3 Å².